The smallest absolute Gasteiger partial charge is 0.118 e. The number of nitrogens with zero attached hydrogens (tertiary/aromatic N) is 1. The summed E-state index contributed by atoms with van der Waals surface area (Å²) < 4.78 is 5.63. The molecular formula is C15H28N2O. The third-order valence-corrected chi connectivity index (χ3v) is 3.23. The summed E-state index contributed by atoms with van der Waals surface area (Å²) in [5.41, 5.74) is 0. The highest BCUT2D eigenvalue weighted by atomic mass is 16.3. The summed E-state index contributed by atoms with van der Waals surface area (Å²) in [4.78, 5) is 2.37. The molecule has 1 heterocycles. The lowest BCUT2D eigenvalue weighted by atomic mass is 10.1. The molecule has 3 nitrogen and oxygen atoms in total. The summed E-state index contributed by atoms with van der Waals surface area (Å²) in [6, 6.07) is 4.66. The van der Waals surface area contributed by atoms with Crippen molar-refractivity contribution in [3.63, 3.8) is 0 Å². The summed E-state index contributed by atoms with van der Waals surface area (Å²) in [5, 5.41) is 3.54. The Morgan fingerprint density at radius 2 is 2.00 bits per heavy atom. The predicted molar refractivity (Wildman–Crippen MR) is 76.7 cm³/mol. The number of nitrogens with one attached hydrogen (secondary N) is 1. The fourth-order valence-corrected chi connectivity index (χ4v) is 2.10. The lowest BCUT2D eigenvalue weighted by molar-refractivity contribution is 0.203. The first-order chi connectivity index (χ1) is 8.52. The fourth-order valence-electron chi connectivity index (χ4n) is 2.10. The molecule has 0 aliphatic carbocycles. The van der Waals surface area contributed by atoms with Gasteiger partial charge >= 0.3 is 0 Å². The number of hydrogen-bond acceptors (Lipinski definition) is 3. The van der Waals surface area contributed by atoms with Crippen molar-refractivity contribution in [3.05, 3.63) is 23.7 Å². The average molecular weight is 252 g/mol. The van der Waals surface area contributed by atoms with Crippen LogP contribution in [0.3, 0.4) is 0 Å². The van der Waals surface area contributed by atoms with Crippen molar-refractivity contribution in [3.8, 4) is 0 Å². The van der Waals surface area contributed by atoms with Crippen LogP contribution in [-0.2, 0) is 6.54 Å². The molecule has 18 heavy (non-hydrogen) atoms. The van der Waals surface area contributed by atoms with Gasteiger partial charge in [0.15, 0.2) is 0 Å². The molecule has 1 unspecified atom stereocenters. The molecule has 1 atom stereocenters. The van der Waals surface area contributed by atoms with Crippen LogP contribution >= 0.6 is 0 Å². The van der Waals surface area contributed by atoms with E-state index in [0.717, 1.165) is 37.6 Å². The third kappa shape index (κ3) is 5.23. The number of rotatable bonds is 8. The minimum absolute atomic E-state index is 0.564. The van der Waals surface area contributed by atoms with Gasteiger partial charge in [0.2, 0.25) is 0 Å². The Bertz CT molecular complexity index is 333. The second-order valence-electron chi connectivity index (χ2n) is 5.54. The van der Waals surface area contributed by atoms with Gasteiger partial charge in [-0.05, 0) is 45.0 Å². The van der Waals surface area contributed by atoms with Crippen molar-refractivity contribution in [2.24, 2.45) is 5.92 Å². The fraction of sp³-hybridized carbons (Fsp3) is 0.733. The second kappa shape index (κ2) is 7.59. The topological polar surface area (TPSA) is 28.4 Å². The van der Waals surface area contributed by atoms with E-state index in [0.29, 0.717) is 12.0 Å². The molecule has 0 bridgehead atoms. The quantitative estimate of drug-likeness (QED) is 0.771. The number of aryl methyl sites for hydroxylation is 1. The highest BCUT2D eigenvalue weighted by Gasteiger charge is 2.14. The Kier molecular flexibility index (Phi) is 6.44. The molecule has 0 saturated carbocycles. The first-order valence-corrected chi connectivity index (χ1v) is 6.99. The molecule has 1 aromatic rings. The third-order valence-electron chi connectivity index (χ3n) is 3.23. The van der Waals surface area contributed by atoms with Gasteiger partial charge in [-0.15, -0.1) is 0 Å². The first-order valence-electron chi connectivity index (χ1n) is 6.99. The molecule has 0 spiro atoms. The van der Waals surface area contributed by atoms with E-state index in [-0.39, 0.29) is 0 Å². The molecule has 0 radical (unpaired) electrons. The van der Waals surface area contributed by atoms with Crippen molar-refractivity contribution >= 4 is 0 Å². The van der Waals surface area contributed by atoms with Crippen LogP contribution in [0.5, 0.6) is 0 Å². The molecule has 104 valence electrons. The Morgan fingerprint density at radius 3 is 2.50 bits per heavy atom. The van der Waals surface area contributed by atoms with Crippen LogP contribution < -0.4 is 5.32 Å². The van der Waals surface area contributed by atoms with Gasteiger partial charge in [0, 0.05) is 12.6 Å². The zero-order chi connectivity index (χ0) is 13.5. The number of hydrogen-bond donors (Lipinski definition) is 1. The summed E-state index contributed by atoms with van der Waals surface area (Å²) in [6.07, 6.45) is 1.15. The van der Waals surface area contributed by atoms with Crippen molar-refractivity contribution in [2.75, 3.05) is 20.1 Å². The molecule has 0 aromatic carbocycles. The molecule has 3 heteroatoms. The van der Waals surface area contributed by atoms with Crippen molar-refractivity contribution < 1.29 is 4.42 Å². The predicted octanol–water partition coefficient (Wildman–Crippen LogP) is 3.04. The minimum atomic E-state index is 0.564. The summed E-state index contributed by atoms with van der Waals surface area (Å²) >= 11 is 0. The Morgan fingerprint density at radius 1 is 1.28 bits per heavy atom. The highest BCUT2D eigenvalue weighted by Crippen LogP contribution is 2.11. The van der Waals surface area contributed by atoms with E-state index < -0.39 is 0 Å². The van der Waals surface area contributed by atoms with Gasteiger partial charge in [0.1, 0.15) is 11.5 Å². The Labute approximate surface area is 112 Å². The summed E-state index contributed by atoms with van der Waals surface area (Å²) in [7, 11) is 2.17. The largest absolute Gasteiger partial charge is 0.465 e. The van der Waals surface area contributed by atoms with Crippen molar-refractivity contribution in [2.45, 2.75) is 46.7 Å². The van der Waals surface area contributed by atoms with Gasteiger partial charge in [0.05, 0.1) is 6.54 Å². The van der Waals surface area contributed by atoms with Crippen molar-refractivity contribution in [1.82, 2.24) is 10.2 Å². The summed E-state index contributed by atoms with van der Waals surface area (Å²) in [6.45, 7) is 11.7. The van der Waals surface area contributed by atoms with Crippen LogP contribution in [0.15, 0.2) is 16.5 Å². The second-order valence-corrected chi connectivity index (χ2v) is 5.54. The number of likely N-dealkylation sites (N-methyl/N-ethyl adjacent to an activating group) is 1. The average Bonchev–Trinajstić information content (AvgIpc) is 2.69. The maximum atomic E-state index is 5.63. The van der Waals surface area contributed by atoms with Crippen LogP contribution in [0, 0.1) is 12.8 Å². The minimum Gasteiger partial charge on any atom is -0.465 e. The van der Waals surface area contributed by atoms with Gasteiger partial charge in [-0.3, -0.25) is 4.90 Å². The van der Waals surface area contributed by atoms with Crippen LogP contribution in [0.25, 0.3) is 0 Å². The van der Waals surface area contributed by atoms with E-state index in [1.807, 2.05) is 13.0 Å². The Balaban J connectivity index is 2.39. The lowest BCUT2D eigenvalue weighted by Crippen LogP contribution is -2.40. The molecule has 1 N–H and O–H groups in total. The lowest BCUT2D eigenvalue weighted by Gasteiger charge is -2.27. The van der Waals surface area contributed by atoms with E-state index in [1.165, 1.54) is 0 Å². The normalized spacial score (nSPS) is 13.5. The van der Waals surface area contributed by atoms with E-state index in [1.54, 1.807) is 0 Å². The number of furan rings is 1. The SMILES string of the molecule is CCC(CNCC(C)C)N(C)Cc1ccc(C)o1. The molecular weight excluding hydrogens is 224 g/mol. The zero-order valence-corrected chi connectivity index (χ0v) is 12.5. The Hall–Kier alpha value is -0.800. The maximum Gasteiger partial charge on any atom is 0.118 e. The van der Waals surface area contributed by atoms with E-state index in [9.17, 15) is 0 Å². The van der Waals surface area contributed by atoms with E-state index in [4.69, 9.17) is 4.42 Å². The van der Waals surface area contributed by atoms with Gasteiger partial charge in [0.25, 0.3) is 0 Å². The standard InChI is InChI=1S/C15H28N2O/c1-6-14(10-16-9-12(2)3)17(5)11-15-8-7-13(4)18-15/h7-8,12,14,16H,6,9-11H2,1-5H3. The van der Waals surface area contributed by atoms with Crippen molar-refractivity contribution in [1.29, 1.82) is 0 Å². The highest BCUT2D eigenvalue weighted by molar-refractivity contribution is 5.05. The van der Waals surface area contributed by atoms with E-state index in [2.05, 4.69) is 44.1 Å². The molecule has 0 amide bonds. The van der Waals surface area contributed by atoms with Crippen LogP contribution in [0.4, 0.5) is 0 Å². The van der Waals surface area contributed by atoms with Crippen LogP contribution in [-0.4, -0.2) is 31.1 Å². The first kappa shape index (κ1) is 15.3. The molecule has 0 aliphatic heterocycles. The molecule has 1 aromatic heterocycles. The summed E-state index contributed by atoms with van der Waals surface area (Å²) in [5.74, 6) is 2.75. The van der Waals surface area contributed by atoms with Crippen LogP contribution in [0.2, 0.25) is 0 Å². The van der Waals surface area contributed by atoms with Gasteiger partial charge in [-0.25, -0.2) is 0 Å². The van der Waals surface area contributed by atoms with Gasteiger partial charge < -0.3 is 9.73 Å². The monoisotopic (exact) mass is 252 g/mol. The van der Waals surface area contributed by atoms with Gasteiger partial charge in [-0.1, -0.05) is 20.8 Å². The van der Waals surface area contributed by atoms with Gasteiger partial charge in [-0.2, -0.15) is 0 Å². The molecule has 0 saturated heterocycles. The maximum absolute atomic E-state index is 5.63. The molecule has 0 aliphatic rings. The molecule has 1 rings (SSSR count). The zero-order valence-electron chi connectivity index (χ0n) is 12.5. The van der Waals surface area contributed by atoms with Crippen LogP contribution in [0.1, 0.15) is 38.7 Å². The molecule has 0 fully saturated rings. The van der Waals surface area contributed by atoms with E-state index >= 15 is 0 Å².